The Morgan fingerprint density at radius 1 is 1.33 bits per heavy atom. The van der Waals surface area contributed by atoms with E-state index in [4.69, 9.17) is 4.52 Å². The molecule has 1 N–H and O–H groups in total. The molecule has 98 valence electrons. The normalized spacial score (nSPS) is 15.0. The van der Waals surface area contributed by atoms with Crippen LogP contribution in [-0.4, -0.2) is 30.9 Å². The molecule has 0 aliphatic heterocycles. The van der Waals surface area contributed by atoms with E-state index in [-0.39, 0.29) is 11.8 Å². The molecule has 0 aliphatic rings. The Morgan fingerprint density at radius 2 is 2.06 bits per heavy atom. The van der Waals surface area contributed by atoms with Gasteiger partial charge in [-0.15, -0.1) is 0 Å². The summed E-state index contributed by atoms with van der Waals surface area (Å²) in [7, 11) is 1.87. The second kappa shape index (κ2) is 4.89. The first-order chi connectivity index (χ1) is 8.50. The first-order valence-corrected chi connectivity index (χ1v) is 6.00. The molecule has 2 rings (SSSR count). The average molecular weight is 250 g/mol. The maximum atomic E-state index is 9.78. The molecule has 0 aliphatic carbocycles. The minimum absolute atomic E-state index is 0.161. The van der Waals surface area contributed by atoms with Crippen LogP contribution in [0.2, 0.25) is 0 Å². The van der Waals surface area contributed by atoms with Gasteiger partial charge in [0.25, 0.3) is 0 Å². The summed E-state index contributed by atoms with van der Waals surface area (Å²) in [6.07, 6.45) is 2.97. The van der Waals surface area contributed by atoms with Crippen molar-refractivity contribution in [3.05, 3.63) is 18.3 Å². The maximum Gasteiger partial charge on any atom is 0.238 e. The van der Waals surface area contributed by atoms with Gasteiger partial charge >= 0.3 is 0 Å². The van der Waals surface area contributed by atoms with Crippen molar-refractivity contribution in [3.8, 4) is 11.6 Å². The molecule has 2 aromatic heterocycles. The highest BCUT2D eigenvalue weighted by Crippen LogP contribution is 2.27. The highest BCUT2D eigenvalue weighted by atomic mass is 16.5. The summed E-state index contributed by atoms with van der Waals surface area (Å²) >= 11 is 0. The van der Waals surface area contributed by atoms with E-state index in [0.29, 0.717) is 17.5 Å². The topological polar surface area (TPSA) is 77.0 Å². The number of hydrogen-bond donors (Lipinski definition) is 1. The van der Waals surface area contributed by atoms with Gasteiger partial charge in [-0.2, -0.15) is 4.98 Å². The van der Waals surface area contributed by atoms with Crippen LogP contribution in [0.4, 0.5) is 0 Å². The second-order valence-corrected chi connectivity index (χ2v) is 4.83. The molecule has 0 spiro atoms. The lowest BCUT2D eigenvalue weighted by Gasteiger charge is -2.19. The molecule has 2 unspecified atom stereocenters. The Bertz CT molecular complexity index is 508. The van der Waals surface area contributed by atoms with Crippen LogP contribution in [0.1, 0.15) is 32.6 Å². The number of hydrogen-bond acceptors (Lipinski definition) is 5. The van der Waals surface area contributed by atoms with Gasteiger partial charge in [0.2, 0.25) is 11.7 Å². The third-order valence-electron chi connectivity index (χ3n) is 2.99. The lowest BCUT2D eigenvalue weighted by molar-refractivity contribution is 0.120. The highest BCUT2D eigenvalue weighted by Gasteiger charge is 2.27. The SMILES string of the molecule is CC(C)C(c1nc(-c2nccn2C)no1)C(C)O. The third-order valence-corrected chi connectivity index (χ3v) is 2.99. The molecule has 2 aromatic rings. The summed E-state index contributed by atoms with van der Waals surface area (Å²) < 4.78 is 7.07. The van der Waals surface area contributed by atoms with Crippen LogP contribution >= 0.6 is 0 Å². The number of aromatic nitrogens is 4. The molecule has 0 fully saturated rings. The van der Waals surface area contributed by atoms with Gasteiger partial charge in [-0.25, -0.2) is 4.98 Å². The smallest absolute Gasteiger partial charge is 0.238 e. The van der Waals surface area contributed by atoms with Crippen molar-refractivity contribution in [2.45, 2.75) is 32.8 Å². The average Bonchev–Trinajstić information content (AvgIpc) is 2.85. The Hall–Kier alpha value is -1.69. The molecular formula is C12H18N4O2. The standard InChI is InChI=1S/C12H18N4O2/c1-7(2)9(8(3)17)12-14-10(15-18-12)11-13-5-6-16(11)4/h5-9,17H,1-4H3. The van der Waals surface area contributed by atoms with Gasteiger partial charge in [0.05, 0.1) is 12.0 Å². The van der Waals surface area contributed by atoms with Crippen molar-refractivity contribution < 1.29 is 9.63 Å². The number of nitrogens with zero attached hydrogens (tertiary/aromatic N) is 4. The minimum atomic E-state index is -0.528. The molecule has 0 amide bonds. The Balaban J connectivity index is 2.33. The van der Waals surface area contributed by atoms with Gasteiger partial charge in [0.15, 0.2) is 5.82 Å². The van der Waals surface area contributed by atoms with Crippen LogP contribution in [0.15, 0.2) is 16.9 Å². The largest absolute Gasteiger partial charge is 0.393 e. The van der Waals surface area contributed by atoms with E-state index in [1.54, 1.807) is 13.1 Å². The van der Waals surface area contributed by atoms with Crippen molar-refractivity contribution >= 4 is 0 Å². The minimum Gasteiger partial charge on any atom is -0.393 e. The van der Waals surface area contributed by atoms with Gasteiger partial charge in [0.1, 0.15) is 0 Å². The summed E-state index contributed by atoms with van der Waals surface area (Å²) in [5.41, 5.74) is 0. The summed E-state index contributed by atoms with van der Waals surface area (Å²) in [5.74, 6) is 1.62. The van der Waals surface area contributed by atoms with Crippen LogP contribution in [0, 0.1) is 5.92 Å². The zero-order chi connectivity index (χ0) is 13.3. The molecule has 0 aromatic carbocycles. The van der Waals surface area contributed by atoms with E-state index < -0.39 is 6.10 Å². The lowest BCUT2D eigenvalue weighted by Crippen LogP contribution is -2.20. The van der Waals surface area contributed by atoms with Gasteiger partial charge in [0, 0.05) is 19.4 Å². The maximum absolute atomic E-state index is 9.78. The van der Waals surface area contributed by atoms with E-state index in [1.165, 1.54) is 0 Å². The third kappa shape index (κ3) is 2.28. The zero-order valence-corrected chi connectivity index (χ0v) is 11.0. The first kappa shape index (κ1) is 12.8. The van der Waals surface area contributed by atoms with E-state index in [0.717, 1.165) is 0 Å². The fourth-order valence-electron chi connectivity index (χ4n) is 2.09. The van der Waals surface area contributed by atoms with Gasteiger partial charge < -0.3 is 14.2 Å². The number of aryl methyl sites for hydroxylation is 1. The number of aliphatic hydroxyl groups excluding tert-OH is 1. The number of rotatable bonds is 4. The molecule has 0 saturated heterocycles. The fraction of sp³-hybridized carbons (Fsp3) is 0.583. The Morgan fingerprint density at radius 3 is 2.56 bits per heavy atom. The molecule has 2 heterocycles. The quantitative estimate of drug-likeness (QED) is 0.891. The molecule has 2 atom stereocenters. The predicted molar refractivity (Wildman–Crippen MR) is 65.8 cm³/mol. The van der Waals surface area contributed by atoms with E-state index >= 15 is 0 Å². The Kier molecular flexibility index (Phi) is 3.47. The molecule has 18 heavy (non-hydrogen) atoms. The second-order valence-electron chi connectivity index (χ2n) is 4.83. The number of aliphatic hydroxyl groups is 1. The summed E-state index contributed by atoms with van der Waals surface area (Å²) in [4.78, 5) is 8.50. The van der Waals surface area contributed by atoms with E-state index in [1.807, 2.05) is 31.7 Å². The predicted octanol–water partition coefficient (Wildman–Crippen LogP) is 1.59. The van der Waals surface area contributed by atoms with Crippen molar-refractivity contribution in [1.29, 1.82) is 0 Å². The molecule has 0 saturated carbocycles. The fourth-order valence-corrected chi connectivity index (χ4v) is 2.09. The van der Waals surface area contributed by atoms with Crippen molar-refractivity contribution in [2.75, 3.05) is 0 Å². The van der Waals surface area contributed by atoms with Crippen molar-refractivity contribution in [3.63, 3.8) is 0 Å². The molecule has 0 bridgehead atoms. The summed E-state index contributed by atoms with van der Waals surface area (Å²) in [5, 5.41) is 13.7. The first-order valence-electron chi connectivity index (χ1n) is 6.00. The monoisotopic (exact) mass is 250 g/mol. The van der Waals surface area contributed by atoms with Gasteiger partial charge in [-0.3, -0.25) is 0 Å². The van der Waals surface area contributed by atoms with Gasteiger partial charge in [-0.05, 0) is 12.8 Å². The van der Waals surface area contributed by atoms with Crippen LogP contribution in [0.3, 0.4) is 0 Å². The number of imidazole rings is 1. The lowest BCUT2D eigenvalue weighted by atomic mass is 9.91. The highest BCUT2D eigenvalue weighted by molar-refractivity contribution is 5.42. The van der Waals surface area contributed by atoms with Crippen LogP contribution in [0.25, 0.3) is 11.6 Å². The summed E-state index contributed by atoms with van der Waals surface area (Å²) in [6, 6.07) is 0. The van der Waals surface area contributed by atoms with Gasteiger partial charge in [-0.1, -0.05) is 19.0 Å². The summed E-state index contributed by atoms with van der Waals surface area (Å²) in [6.45, 7) is 5.76. The van der Waals surface area contributed by atoms with Crippen LogP contribution in [0.5, 0.6) is 0 Å². The zero-order valence-electron chi connectivity index (χ0n) is 11.0. The molecule has 6 nitrogen and oxygen atoms in total. The van der Waals surface area contributed by atoms with E-state index in [2.05, 4.69) is 15.1 Å². The van der Waals surface area contributed by atoms with Crippen LogP contribution < -0.4 is 0 Å². The van der Waals surface area contributed by atoms with Crippen molar-refractivity contribution in [1.82, 2.24) is 19.7 Å². The van der Waals surface area contributed by atoms with Crippen LogP contribution in [-0.2, 0) is 7.05 Å². The molecule has 0 radical (unpaired) electrons. The molecular weight excluding hydrogens is 232 g/mol. The van der Waals surface area contributed by atoms with E-state index in [9.17, 15) is 5.11 Å². The Labute approximate surface area is 106 Å². The molecule has 6 heteroatoms. The van der Waals surface area contributed by atoms with Crippen molar-refractivity contribution in [2.24, 2.45) is 13.0 Å².